The third kappa shape index (κ3) is 4.04. The second-order valence-corrected chi connectivity index (χ2v) is 3.36. The third-order valence-electron chi connectivity index (χ3n) is 2.21. The summed E-state index contributed by atoms with van der Waals surface area (Å²) in [6.45, 7) is 3.45. The summed E-state index contributed by atoms with van der Waals surface area (Å²) in [6.07, 6.45) is 5.13. The van der Waals surface area contributed by atoms with Crippen LogP contribution in [0.2, 0.25) is 0 Å². The van der Waals surface area contributed by atoms with Gasteiger partial charge in [0.1, 0.15) is 0 Å². The van der Waals surface area contributed by atoms with E-state index >= 15 is 0 Å². The first-order valence-corrected chi connectivity index (χ1v) is 5.02. The molecular formula is C13H16O. The molecule has 0 aliphatic rings. The lowest BCUT2D eigenvalue weighted by Gasteiger charge is -1.99. The van der Waals surface area contributed by atoms with Crippen molar-refractivity contribution in [2.75, 3.05) is 0 Å². The van der Waals surface area contributed by atoms with Crippen molar-refractivity contribution in [2.24, 2.45) is 0 Å². The molecule has 0 aromatic heterocycles. The Labute approximate surface area is 85.5 Å². The van der Waals surface area contributed by atoms with E-state index in [9.17, 15) is 4.79 Å². The van der Waals surface area contributed by atoms with E-state index in [0.717, 1.165) is 19.3 Å². The van der Waals surface area contributed by atoms with Crippen molar-refractivity contribution in [3.8, 4) is 0 Å². The quantitative estimate of drug-likeness (QED) is 0.495. The van der Waals surface area contributed by atoms with Gasteiger partial charge in [0, 0.05) is 6.42 Å². The minimum atomic E-state index is 0.151. The van der Waals surface area contributed by atoms with Crippen molar-refractivity contribution in [1.29, 1.82) is 0 Å². The van der Waals surface area contributed by atoms with Crippen LogP contribution in [-0.2, 0) is 11.2 Å². The van der Waals surface area contributed by atoms with Crippen molar-refractivity contribution in [3.63, 3.8) is 0 Å². The third-order valence-corrected chi connectivity index (χ3v) is 2.21. The maximum absolute atomic E-state index is 10.9. The number of aryl methyl sites for hydroxylation is 1. The van der Waals surface area contributed by atoms with E-state index in [1.54, 1.807) is 0 Å². The minimum absolute atomic E-state index is 0.151. The molecular weight excluding hydrogens is 172 g/mol. The van der Waals surface area contributed by atoms with E-state index in [1.807, 2.05) is 18.2 Å². The molecule has 0 N–H and O–H groups in total. The highest BCUT2D eigenvalue weighted by molar-refractivity contribution is 5.88. The van der Waals surface area contributed by atoms with Crippen LogP contribution >= 0.6 is 0 Å². The molecule has 74 valence electrons. The Morgan fingerprint density at radius 1 is 1.21 bits per heavy atom. The number of carbonyl (C=O) groups is 1. The smallest absolute Gasteiger partial charge is 0.155 e. The van der Waals surface area contributed by atoms with Gasteiger partial charge in [0.2, 0.25) is 0 Å². The molecule has 0 radical (unpaired) electrons. The Morgan fingerprint density at radius 3 is 2.57 bits per heavy atom. The molecule has 0 aliphatic carbocycles. The van der Waals surface area contributed by atoms with Crippen LogP contribution in [0.4, 0.5) is 0 Å². The molecule has 1 rings (SSSR count). The molecule has 1 nitrogen and oxygen atoms in total. The number of benzene rings is 1. The highest BCUT2D eigenvalue weighted by Crippen LogP contribution is 2.06. The van der Waals surface area contributed by atoms with Crippen LogP contribution in [0.25, 0.3) is 0 Å². The normalized spacial score (nSPS) is 9.71. The number of unbranched alkanes of at least 4 members (excludes halogenated alkanes) is 1. The molecule has 0 amide bonds. The van der Waals surface area contributed by atoms with E-state index in [0.29, 0.717) is 6.42 Å². The van der Waals surface area contributed by atoms with Gasteiger partial charge in [0.25, 0.3) is 0 Å². The maximum Gasteiger partial charge on any atom is 0.155 e. The first kappa shape index (κ1) is 10.7. The summed E-state index contributed by atoms with van der Waals surface area (Å²) in [5.74, 6) is 0.151. The molecule has 0 atom stereocenters. The van der Waals surface area contributed by atoms with E-state index < -0.39 is 0 Å². The number of rotatable bonds is 6. The van der Waals surface area contributed by atoms with Gasteiger partial charge in [0.05, 0.1) is 0 Å². The molecule has 0 saturated heterocycles. The van der Waals surface area contributed by atoms with Crippen LogP contribution in [0, 0.1) is 0 Å². The summed E-state index contributed by atoms with van der Waals surface area (Å²) in [7, 11) is 0. The molecule has 0 heterocycles. The monoisotopic (exact) mass is 188 g/mol. The summed E-state index contributed by atoms with van der Waals surface area (Å²) in [5, 5.41) is 0. The molecule has 0 spiro atoms. The van der Waals surface area contributed by atoms with Gasteiger partial charge < -0.3 is 0 Å². The highest BCUT2D eigenvalue weighted by Gasteiger charge is 1.96. The Kier molecular flexibility index (Phi) is 4.70. The second kappa shape index (κ2) is 6.14. The lowest BCUT2D eigenvalue weighted by Crippen LogP contribution is -1.92. The topological polar surface area (TPSA) is 17.1 Å². The van der Waals surface area contributed by atoms with Crippen molar-refractivity contribution in [3.05, 3.63) is 48.6 Å². The fourth-order valence-electron chi connectivity index (χ4n) is 1.38. The Hall–Kier alpha value is -1.37. The van der Waals surface area contributed by atoms with Crippen LogP contribution in [-0.4, -0.2) is 5.78 Å². The summed E-state index contributed by atoms with van der Waals surface area (Å²) < 4.78 is 0. The van der Waals surface area contributed by atoms with Crippen molar-refractivity contribution < 1.29 is 4.79 Å². The van der Waals surface area contributed by atoms with Crippen LogP contribution in [0.15, 0.2) is 43.0 Å². The van der Waals surface area contributed by atoms with Gasteiger partial charge in [0.15, 0.2) is 5.78 Å². The van der Waals surface area contributed by atoms with Crippen LogP contribution in [0.5, 0.6) is 0 Å². The number of allylic oxidation sites excluding steroid dienone is 1. The van der Waals surface area contributed by atoms with Crippen LogP contribution in [0.1, 0.15) is 24.8 Å². The lowest BCUT2D eigenvalue weighted by molar-refractivity contribution is -0.114. The molecule has 1 heteroatoms. The first-order chi connectivity index (χ1) is 6.83. The fraction of sp³-hybridized carbons (Fsp3) is 0.308. The maximum atomic E-state index is 10.9. The van der Waals surface area contributed by atoms with E-state index in [-0.39, 0.29) is 5.78 Å². The standard InChI is InChI=1S/C13H16O/c1-2-13(14)11-7-6-10-12-8-4-3-5-9-12/h2-5,8-9H,1,6-7,10-11H2. The Balaban J connectivity index is 2.16. The summed E-state index contributed by atoms with van der Waals surface area (Å²) in [5.41, 5.74) is 1.35. The predicted molar refractivity (Wildman–Crippen MR) is 59.2 cm³/mol. The number of hydrogen-bond acceptors (Lipinski definition) is 1. The molecule has 0 saturated carbocycles. The van der Waals surface area contributed by atoms with E-state index in [4.69, 9.17) is 0 Å². The number of carbonyl (C=O) groups excluding carboxylic acids is 1. The first-order valence-electron chi connectivity index (χ1n) is 5.02. The SMILES string of the molecule is C=CC(=O)CCCCc1ccccc1. The average Bonchev–Trinajstić information content (AvgIpc) is 2.25. The minimum Gasteiger partial charge on any atom is -0.295 e. The highest BCUT2D eigenvalue weighted by atomic mass is 16.1. The fourth-order valence-corrected chi connectivity index (χ4v) is 1.38. The molecule has 1 aromatic carbocycles. The second-order valence-electron chi connectivity index (χ2n) is 3.36. The van der Waals surface area contributed by atoms with E-state index in [2.05, 4.69) is 18.7 Å². The molecule has 0 aliphatic heterocycles. The van der Waals surface area contributed by atoms with Gasteiger partial charge in [-0.1, -0.05) is 36.9 Å². The largest absolute Gasteiger partial charge is 0.295 e. The van der Waals surface area contributed by atoms with Crippen molar-refractivity contribution in [2.45, 2.75) is 25.7 Å². The molecule has 0 unspecified atom stereocenters. The van der Waals surface area contributed by atoms with Crippen LogP contribution < -0.4 is 0 Å². The number of ketones is 1. The molecule has 0 fully saturated rings. The predicted octanol–water partition coefficient (Wildman–Crippen LogP) is 3.15. The van der Waals surface area contributed by atoms with Gasteiger partial charge in [-0.3, -0.25) is 4.79 Å². The Bertz CT molecular complexity index is 287. The van der Waals surface area contributed by atoms with Gasteiger partial charge in [-0.05, 0) is 30.9 Å². The average molecular weight is 188 g/mol. The molecule has 0 bridgehead atoms. The molecule has 1 aromatic rings. The van der Waals surface area contributed by atoms with Gasteiger partial charge in [-0.15, -0.1) is 0 Å². The zero-order valence-corrected chi connectivity index (χ0v) is 8.41. The van der Waals surface area contributed by atoms with Gasteiger partial charge in [-0.2, -0.15) is 0 Å². The van der Waals surface area contributed by atoms with Gasteiger partial charge in [-0.25, -0.2) is 0 Å². The Morgan fingerprint density at radius 2 is 1.93 bits per heavy atom. The summed E-state index contributed by atoms with van der Waals surface area (Å²) >= 11 is 0. The number of hydrogen-bond donors (Lipinski definition) is 0. The van der Waals surface area contributed by atoms with Crippen LogP contribution in [0.3, 0.4) is 0 Å². The molecule has 14 heavy (non-hydrogen) atoms. The zero-order chi connectivity index (χ0) is 10.2. The lowest BCUT2D eigenvalue weighted by atomic mass is 10.1. The van der Waals surface area contributed by atoms with E-state index in [1.165, 1.54) is 11.6 Å². The van der Waals surface area contributed by atoms with Crippen molar-refractivity contribution in [1.82, 2.24) is 0 Å². The summed E-state index contributed by atoms with van der Waals surface area (Å²) in [4.78, 5) is 10.9. The zero-order valence-electron chi connectivity index (χ0n) is 8.41. The summed E-state index contributed by atoms with van der Waals surface area (Å²) in [6, 6.07) is 10.4. The van der Waals surface area contributed by atoms with Gasteiger partial charge >= 0.3 is 0 Å². The van der Waals surface area contributed by atoms with Crippen molar-refractivity contribution >= 4 is 5.78 Å².